The van der Waals surface area contributed by atoms with Crippen molar-refractivity contribution in [3.63, 3.8) is 0 Å². The Labute approximate surface area is 196 Å². The van der Waals surface area contributed by atoms with Crippen molar-refractivity contribution in [1.29, 1.82) is 0 Å². The van der Waals surface area contributed by atoms with E-state index in [-0.39, 0.29) is 0 Å². The van der Waals surface area contributed by atoms with Gasteiger partial charge < -0.3 is 0 Å². The maximum Gasteiger partial charge on any atom is 0.204 e. The normalized spacial score (nSPS) is 15.6. The molecule has 0 aliphatic heterocycles. The largest absolute Gasteiger partial charge is 0.292 e. The maximum absolute atomic E-state index is 6.20. The molecule has 0 atom stereocenters. The van der Waals surface area contributed by atoms with Crippen LogP contribution in [0.25, 0.3) is 16.3 Å². The van der Waals surface area contributed by atoms with Gasteiger partial charge in [0.05, 0.1) is 36.1 Å². The number of nitrogens with zero attached hydrogens (tertiary/aromatic N) is 2. The zero-order chi connectivity index (χ0) is 20.4. The van der Waals surface area contributed by atoms with Gasteiger partial charge in [0.15, 0.2) is 0 Å². The number of nitrogens with one attached hydrogen (secondary N) is 1. The van der Waals surface area contributed by atoms with Crippen molar-refractivity contribution in [1.82, 2.24) is 4.68 Å². The Morgan fingerprint density at radius 3 is 2.62 bits per heavy atom. The van der Waals surface area contributed by atoms with Crippen LogP contribution in [0, 0.1) is 0 Å². The molecule has 2 aromatic heterocycles. The van der Waals surface area contributed by atoms with Crippen molar-refractivity contribution < 1.29 is 0 Å². The lowest BCUT2D eigenvalue weighted by Crippen LogP contribution is -2.27. The fourth-order valence-electron chi connectivity index (χ4n) is 3.38. The first-order chi connectivity index (χ1) is 14.0. The van der Waals surface area contributed by atoms with Gasteiger partial charge in [0.2, 0.25) is 4.80 Å². The van der Waals surface area contributed by atoms with Crippen molar-refractivity contribution >= 4 is 67.5 Å². The van der Waals surface area contributed by atoms with E-state index < -0.39 is 0 Å². The number of aromatic nitrogens is 1. The second kappa shape index (κ2) is 9.40. The number of thiazole rings is 1. The number of hydrogen-bond donors (Lipinski definition) is 1. The molecule has 4 rings (SSSR count). The maximum atomic E-state index is 6.20. The molecule has 3 aromatic rings. The van der Waals surface area contributed by atoms with Crippen LogP contribution in [0.4, 0.5) is 0 Å². The molecule has 0 unspecified atom stereocenters. The molecular weight excluding hydrogens is 509 g/mol. The molecule has 152 valence electrons. The van der Waals surface area contributed by atoms with E-state index in [0.29, 0.717) is 16.1 Å². The standard InChI is InChI=1S/C21H20BrCl2N3S2/c1-13(14-7-8-16(23)17(24)11-14)26-27-18(19-9-10-20(22)29-19)12-28-21(27)25-15-5-3-2-4-6-15/h7-12,15,26H,1-6H2. The van der Waals surface area contributed by atoms with E-state index >= 15 is 0 Å². The van der Waals surface area contributed by atoms with E-state index in [2.05, 4.69) is 45.4 Å². The molecule has 0 spiro atoms. The molecule has 3 nitrogen and oxygen atoms in total. The van der Waals surface area contributed by atoms with Gasteiger partial charge >= 0.3 is 0 Å². The summed E-state index contributed by atoms with van der Waals surface area (Å²) in [5.74, 6) is 0. The van der Waals surface area contributed by atoms with Gasteiger partial charge in [-0.05, 0) is 53.0 Å². The Morgan fingerprint density at radius 1 is 1.14 bits per heavy atom. The molecule has 0 bridgehead atoms. The lowest BCUT2D eigenvalue weighted by atomic mass is 9.96. The molecule has 1 saturated carbocycles. The highest BCUT2D eigenvalue weighted by molar-refractivity contribution is 9.11. The van der Waals surface area contributed by atoms with E-state index in [9.17, 15) is 0 Å². The molecule has 8 heteroatoms. The highest BCUT2D eigenvalue weighted by Gasteiger charge is 2.16. The summed E-state index contributed by atoms with van der Waals surface area (Å²) >= 11 is 19.2. The summed E-state index contributed by atoms with van der Waals surface area (Å²) in [6, 6.07) is 10.1. The van der Waals surface area contributed by atoms with Crippen LogP contribution >= 0.6 is 61.8 Å². The summed E-state index contributed by atoms with van der Waals surface area (Å²) in [6.07, 6.45) is 6.15. The van der Waals surface area contributed by atoms with Crippen LogP contribution in [0.1, 0.15) is 37.7 Å². The van der Waals surface area contributed by atoms with Gasteiger partial charge in [-0.3, -0.25) is 10.4 Å². The third kappa shape index (κ3) is 5.00. The summed E-state index contributed by atoms with van der Waals surface area (Å²) in [5, 5.41) is 3.19. The zero-order valence-corrected chi connectivity index (χ0v) is 20.4. The van der Waals surface area contributed by atoms with Gasteiger partial charge in [0.25, 0.3) is 0 Å². The molecule has 1 fully saturated rings. The van der Waals surface area contributed by atoms with Gasteiger partial charge in [-0.25, -0.2) is 4.68 Å². The van der Waals surface area contributed by atoms with E-state index in [0.717, 1.165) is 43.3 Å². The Morgan fingerprint density at radius 2 is 1.93 bits per heavy atom. The van der Waals surface area contributed by atoms with Crippen molar-refractivity contribution in [2.24, 2.45) is 4.99 Å². The van der Waals surface area contributed by atoms with Crippen molar-refractivity contribution in [2.45, 2.75) is 38.1 Å². The first kappa shape index (κ1) is 21.2. The first-order valence-electron chi connectivity index (χ1n) is 9.43. The summed E-state index contributed by atoms with van der Waals surface area (Å²) in [4.78, 5) is 7.19. The summed E-state index contributed by atoms with van der Waals surface area (Å²) in [6.45, 7) is 4.22. The fraction of sp³-hybridized carbons (Fsp3) is 0.286. The lowest BCUT2D eigenvalue weighted by Gasteiger charge is -2.18. The van der Waals surface area contributed by atoms with Crippen LogP contribution in [-0.2, 0) is 0 Å². The van der Waals surface area contributed by atoms with Crippen LogP contribution in [-0.4, -0.2) is 10.7 Å². The molecule has 0 saturated heterocycles. The fourth-order valence-corrected chi connectivity index (χ4v) is 6.06. The van der Waals surface area contributed by atoms with Gasteiger partial charge in [0, 0.05) is 10.9 Å². The molecule has 0 amide bonds. The predicted molar refractivity (Wildman–Crippen MR) is 131 cm³/mol. The monoisotopic (exact) mass is 527 g/mol. The molecule has 2 heterocycles. The molecule has 1 aliphatic rings. The van der Waals surface area contributed by atoms with Gasteiger partial charge in [-0.1, -0.05) is 55.1 Å². The molecule has 1 aromatic carbocycles. The Bertz CT molecular complexity index is 1090. The van der Waals surface area contributed by atoms with Crippen LogP contribution in [0.15, 0.2) is 51.1 Å². The van der Waals surface area contributed by atoms with Crippen molar-refractivity contribution in [2.75, 3.05) is 5.43 Å². The Kier molecular flexibility index (Phi) is 6.87. The second-order valence-corrected chi connectivity index (χ2v) is 11.1. The summed E-state index contributed by atoms with van der Waals surface area (Å²) in [5.41, 5.74) is 6.15. The number of benzene rings is 1. The number of rotatable bonds is 5. The first-order valence-corrected chi connectivity index (χ1v) is 12.7. The molecule has 29 heavy (non-hydrogen) atoms. The lowest BCUT2D eigenvalue weighted by molar-refractivity contribution is 0.436. The van der Waals surface area contributed by atoms with Crippen LogP contribution in [0.2, 0.25) is 10.0 Å². The average Bonchev–Trinajstić information content (AvgIpc) is 3.31. The Balaban J connectivity index is 1.72. The number of hydrogen-bond acceptors (Lipinski definition) is 4. The molecular formula is C21H20BrCl2N3S2. The topological polar surface area (TPSA) is 29.3 Å². The predicted octanol–water partition coefficient (Wildman–Crippen LogP) is 7.80. The van der Waals surface area contributed by atoms with E-state index in [1.165, 1.54) is 19.3 Å². The van der Waals surface area contributed by atoms with Crippen LogP contribution in [0.3, 0.4) is 0 Å². The zero-order valence-electron chi connectivity index (χ0n) is 15.6. The number of thiophene rings is 1. The highest BCUT2D eigenvalue weighted by Crippen LogP contribution is 2.32. The third-order valence-corrected chi connectivity index (χ3v) is 8.14. The Hall–Kier alpha value is -1.05. The minimum atomic E-state index is 0.386. The summed E-state index contributed by atoms with van der Waals surface area (Å²) < 4.78 is 3.14. The molecule has 1 aliphatic carbocycles. The van der Waals surface area contributed by atoms with Crippen molar-refractivity contribution in [3.05, 3.63) is 66.5 Å². The van der Waals surface area contributed by atoms with E-state index in [1.54, 1.807) is 28.7 Å². The quantitative estimate of drug-likeness (QED) is 0.359. The smallest absolute Gasteiger partial charge is 0.204 e. The second-order valence-electron chi connectivity index (χ2n) is 6.98. The minimum Gasteiger partial charge on any atom is -0.292 e. The molecule has 0 radical (unpaired) electrons. The van der Waals surface area contributed by atoms with Gasteiger partial charge in [0.1, 0.15) is 0 Å². The van der Waals surface area contributed by atoms with Gasteiger partial charge in [-0.2, -0.15) is 0 Å². The van der Waals surface area contributed by atoms with Gasteiger partial charge in [-0.15, -0.1) is 22.7 Å². The van der Waals surface area contributed by atoms with Crippen molar-refractivity contribution in [3.8, 4) is 10.6 Å². The molecule has 1 N–H and O–H groups in total. The summed E-state index contributed by atoms with van der Waals surface area (Å²) in [7, 11) is 0. The SMILES string of the molecule is C=C(Nn1c(-c2ccc(Br)s2)csc1=NC1CCCCC1)c1ccc(Cl)c(Cl)c1. The van der Waals surface area contributed by atoms with Crippen LogP contribution in [0.5, 0.6) is 0 Å². The van der Waals surface area contributed by atoms with E-state index in [1.807, 2.05) is 16.8 Å². The minimum absolute atomic E-state index is 0.386. The van der Waals surface area contributed by atoms with Crippen LogP contribution < -0.4 is 10.2 Å². The van der Waals surface area contributed by atoms with E-state index in [4.69, 9.17) is 28.2 Å². The number of halogens is 3. The highest BCUT2D eigenvalue weighted by atomic mass is 79.9. The average molecular weight is 529 g/mol. The third-order valence-electron chi connectivity index (χ3n) is 4.92.